The van der Waals surface area contributed by atoms with Crippen molar-refractivity contribution in [2.45, 2.75) is 26.3 Å². The lowest BCUT2D eigenvalue weighted by Gasteiger charge is -2.09. The van der Waals surface area contributed by atoms with Gasteiger partial charge in [-0.05, 0) is 18.6 Å². The van der Waals surface area contributed by atoms with Crippen LogP contribution in [-0.2, 0) is 6.54 Å². The number of unbranched alkanes of at least 4 members (excludes halogenated alkanes) is 1. The lowest BCUT2D eigenvalue weighted by molar-refractivity contribution is 0.618. The number of rotatable bonds is 3. The molecule has 1 rings (SSSR count). The smallest absolute Gasteiger partial charge is 0.201 e. The Morgan fingerprint density at radius 3 is 3.00 bits per heavy atom. The minimum absolute atomic E-state index is 0.384. The number of nitrogens with two attached hydrogens (primary N) is 1. The number of nitrogens with zero attached hydrogens (tertiary/aromatic N) is 3. The quantitative estimate of drug-likeness (QED) is 0.770. The Morgan fingerprint density at radius 2 is 2.43 bits per heavy atom. The Hall–Kier alpha value is -1.41. The normalized spacial score (nSPS) is 9.71. The second-order valence-corrected chi connectivity index (χ2v) is 3.32. The van der Waals surface area contributed by atoms with Gasteiger partial charge in [-0.15, -0.1) is 0 Å². The van der Waals surface area contributed by atoms with Gasteiger partial charge in [-0.25, -0.2) is 4.98 Å². The zero-order chi connectivity index (χ0) is 10.6. The van der Waals surface area contributed by atoms with Crippen LogP contribution >= 0.6 is 12.2 Å². The van der Waals surface area contributed by atoms with Crippen molar-refractivity contribution in [3.05, 3.63) is 16.5 Å². The monoisotopic (exact) mass is 208 g/mol. The first-order valence-electron chi connectivity index (χ1n) is 4.46. The number of hydrogen-bond acceptors (Lipinski definition) is 4. The zero-order valence-electron chi connectivity index (χ0n) is 8.03. The van der Waals surface area contributed by atoms with Crippen molar-refractivity contribution in [2.24, 2.45) is 0 Å². The highest BCUT2D eigenvalue weighted by atomic mass is 32.1. The van der Waals surface area contributed by atoms with Gasteiger partial charge in [0.1, 0.15) is 17.5 Å². The number of hydrogen-bond donors (Lipinski definition) is 1. The van der Waals surface area contributed by atoms with E-state index in [4.69, 9.17) is 23.2 Å². The van der Waals surface area contributed by atoms with E-state index in [1.807, 2.05) is 6.07 Å². The summed E-state index contributed by atoms with van der Waals surface area (Å²) >= 11 is 5.02. The van der Waals surface area contributed by atoms with Crippen LogP contribution in [0, 0.1) is 16.1 Å². The lowest BCUT2D eigenvalue weighted by atomic mass is 10.3. The van der Waals surface area contributed by atoms with Crippen molar-refractivity contribution < 1.29 is 0 Å². The highest BCUT2D eigenvalue weighted by molar-refractivity contribution is 7.71. The molecule has 1 aromatic heterocycles. The Morgan fingerprint density at radius 1 is 1.71 bits per heavy atom. The molecule has 0 atom stereocenters. The van der Waals surface area contributed by atoms with Crippen LogP contribution in [0.25, 0.3) is 0 Å². The van der Waals surface area contributed by atoms with E-state index < -0.39 is 0 Å². The fourth-order valence-electron chi connectivity index (χ4n) is 1.12. The fourth-order valence-corrected chi connectivity index (χ4v) is 1.36. The Labute approximate surface area is 88.0 Å². The summed E-state index contributed by atoms with van der Waals surface area (Å²) in [5.74, 6) is 0.418. The second kappa shape index (κ2) is 4.72. The van der Waals surface area contributed by atoms with E-state index in [9.17, 15) is 0 Å². The maximum atomic E-state index is 8.74. The predicted molar refractivity (Wildman–Crippen MR) is 57.1 cm³/mol. The number of aromatic nitrogens is 2. The molecule has 1 aromatic rings. The molecule has 74 valence electrons. The molecule has 5 heteroatoms. The number of nitrogen functional groups attached to an aromatic ring is 1. The molecule has 4 nitrogen and oxygen atoms in total. The predicted octanol–water partition coefficient (Wildman–Crippen LogP) is 1.87. The zero-order valence-corrected chi connectivity index (χ0v) is 8.84. The molecule has 0 saturated carbocycles. The lowest BCUT2D eigenvalue weighted by Crippen LogP contribution is -2.10. The fraction of sp³-hybridized carbons (Fsp3) is 0.444. The summed E-state index contributed by atoms with van der Waals surface area (Å²) in [5, 5.41) is 8.74. The maximum Gasteiger partial charge on any atom is 0.201 e. The molecule has 0 spiro atoms. The molecule has 14 heavy (non-hydrogen) atoms. The molecule has 2 N–H and O–H groups in total. The largest absolute Gasteiger partial charge is 0.384 e. The first-order valence-corrected chi connectivity index (χ1v) is 4.87. The van der Waals surface area contributed by atoms with E-state index in [0.29, 0.717) is 16.2 Å². The summed E-state index contributed by atoms with van der Waals surface area (Å²) in [5.41, 5.74) is 6.15. The second-order valence-electron chi connectivity index (χ2n) is 2.96. The van der Waals surface area contributed by atoms with Crippen molar-refractivity contribution >= 4 is 18.0 Å². The van der Waals surface area contributed by atoms with E-state index in [0.717, 1.165) is 19.4 Å². The molecule has 0 aliphatic rings. The first kappa shape index (κ1) is 10.7. The summed E-state index contributed by atoms with van der Waals surface area (Å²) in [7, 11) is 0. The van der Waals surface area contributed by atoms with Gasteiger partial charge in [0.2, 0.25) is 4.77 Å². The third kappa shape index (κ3) is 2.09. The summed E-state index contributed by atoms with van der Waals surface area (Å²) < 4.78 is 2.15. The van der Waals surface area contributed by atoms with Gasteiger partial charge in [0.15, 0.2) is 0 Å². The molecule has 0 fully saturated rings. The minimum Gasteiger partial charge on any atom is -0.384 e. The van der Waals surface area contributed by atoms with Crippen LogP contribution in [0.1, 0.15) is 25.3 Å². The Bertz CT molecular complexity index is 416. The van der Waals surface area contributed by atoms with E-state index in [1.165, 1.54) is 6.20 Å². The molecule has 1 heterocycles. The molecule has 0 aromatic carbocycles. The standard InChI is InChI=1S/C9H12N4S/c1-2-3-4-13-8(11)7(5-10)6-12-9(13)14/h6H,2-4,11H2,1H3. The summed E-state index contributed by atoms with van der Waals surface area (Å²) in [4.78, 5) is 3.94. The van der Waals surface area contributed by atoms with Gasteiger partial charge in [-0.2, -0.15) is 5.26 Å². The third-order valence-corrected chi connectivity index (χ3v) is 2.28. The van der Waals surface area contributed by atoms with Gasteiger partial charge in [0.05, 0.1) is 6.20 Å². The van der Waals surface area contributed by atoms with E-state index in [2.05, 4.69) is 11.9 Å². The third-order valence-electron chi connectivity index (χ3n) is 1.96. The summed E-state index contributed by atoms with van der Waals surface area (Å²) in [6, 6.07) is 1.98. The van der Waals surface area contributed by atoms with Crippen LogP contribution < -0.4 is 5.73 Å². The summed E-state index contributed by atoms with van der Waals surface area (Å²) in [6.45, 7) is 2.81. The molecule has 0 bridgehead atoms. The van der Waals surface area contributed by atoms with Crippen LogP contribution in [0.2, 0.25) is 0 Å². The first-order chi connectivity index (χ1) is 6.70. The molecule has 0 radical (unpaired) electrons. The molecule has 0 amide bonds. The van der Waals surface area contributed by atoms with Crippen LogP contribution in [0.3, 0.4) is 0 Å². The SMILES string of the molecule is CCCCn1c(N)c(C#N)cnc1=S. The highest BCUT2D eigenvalue weighted by Gasteiger charge is 2.04. The van der Waals surface area contributed by atoms with Gasteiger partial charge in [0, 0.05) is 6.54 Å². The summed E-state index contributed by atoms with van der Waals surface area (Å²) in [6.07, 6.45) is 3.45. The van der Waals surface area contributed by atoms with Crippen LogP contribution in [0.5, 0.6) is 0 Å². The Kier molecular flexibility index (Phi) is 3.60. The number of anilines is 1. The highest BCUT2D eigenvalue weighted by Crippen LogP contribution is 2.10. The van der Waals surface area contributed by atoms with Gasteiger partial charge in [-0.1, -0.05) is 13.3 Å². The van der Waals surface area contributed by atoms with Crippen molar-refractivity contribution in [3.63, 3.8) is 0 Å². The van der Waals surface area contributed by atoms with Crippen molar-refractivity contribution in [3.8, 4) is 6.07 Å². The van der Waals surface area contributed by atoms with Gasteiger partial charge in [-0.3, -0.25) is 0 Å². The minimum atomic E-state index is 0.384. The molecule has 0 aliphatic carbocycles. The van der Waals surface area contributed by atoms with Crippen LogP contribution in [0.4, 0.5) is 5.82 Å². The van der Waals surface area contributed by atoms with E-state index in [-0.39, 0.29) is 0 Å². The molecular weight excluding hydrogens is 196 g/mol. The molecule has 0 aliphatic heterocycles. The van der Waals surface area contributed by atoms with Crippen LogP contribution in [0.15, 0.2) is 6.20 Å². The van der Waals surface area contributed by atoms with E-state index in [1.54, 1.807) is 4.57 Å². The van der Waals surface area contributed by atoms with Gasteiger partial charge < -0.3 is 10.3 Å². The number of nitriles is 1. The topological polar surface area (TPSA) is 67.6 Å². The molecule has 0 unspecified atom stereocenters. The van der Waals surface area contributed by atoms with Gasteiger partial charge in [0.25, 0.3) is 0 Å². The van der Waals surface area contributed by atoms with Crippen LogP contribution in [-0.4, -0.2) is 9.55 Å². The van der Waals surface area contributed by atoms with E-state index >= 15 is 0 Å². The van der Waals surface area contributed by atoms with Crippen molar-refractivity contribution in [1.29, 1.82) is 5.26 Å². The van der Waals surface area contributed by atoms with Gasteiger partial charge >= 0.3 is 0 Å². The maximum absolute atomic E-state index is 8.74. The molecular formula is C9H12N4S. The van der Waals surface area contributed by atoms with Crippen molar-refractivity contribution in [2.75, 3.05) is 5.73 Å². The van der Waals surface area contributed by atoms with Crippen molar-refractivity contribution in [1.82, 2.24) is 9.55 Å². The average molecular weight is 208 g/mol. The Balaban J connectivity index is 3.14. The average Bonchev–Trinajstić information content (AvgIpc) is 2.18. The molecule has 0 saturated heterocycles.